The molecule has 98 valence electrons. The number of nitrogens with one attached hydrogen (secondary N) is 2. The highest BCUT2D eigenvalue weighted by molar-refractivity contribution is 6.30. The Balaban J connectivity index is 1.76. The number of rotatable bonds is 5. The summed E-state index contributed by atoms with van der Waals surface area (Å²) in [6, 6.07) is 12.8. The van der Waals surface area contributed by atoms with E-state index in [-0.39, 0.29) is 12.5 Å². The van der Waals surface area contributed by atoms with Gasteiger partial charge in [-0.3, -0.25) is 9.78 Å². The topological polar surface area (TPSA) is 54.0 Å². The Hall–Kier alpha value is -2.07. The number of nitrogens with zero attached hydrogens (tertiary/aromatic N) is 1. The minimum Gasteiger partial charge on any atom is -0.376 e. The second-order valence-electron chi connectivity index (χ2n) is 3.96. The van der Waals surface area contributed by atoms with Gasteiger partial charge in [0, 0.05) is 16.9 Å². The molecule has 0 fully saturated rings. The zero-order valence-corrected chi connectivity index (χ0v) is 11.0. The van der Waals surface area contributed by atoms with Gasteiger partial charge in [-0.05, 0) is 30.3 Å². The molecule has 0 aliphatic carbocycles. The number of carbonyl (C=O) groups excluding carboxylic acids is 1. The summed E-state index contributed by atoms with van der Waals surface area (Å²) in [5.41, 5.74) is 1.65. The number of aromatic nitrogens is 1. The molecule has 0 atom stereocenters. The van der Waals surface area contributed by atoms with Crippen LogP contribution in [0.4, 0.5) is 5.69 Å². The highest BCUT2D eigenvalue weighted by Crippen LogP contribution is 2.14. The van der Waals surface area contributed by atoms with Crippen LogP contribution in [0.15, 0.2) is 48.7 Å². The van der Waals surface area contributed by atoms with Gasteiger partial charge in [-0.1, -0.05) is 23.7 Å². The molecule has 2 rings (SSSR count). The Morgan fingerprint density at radius 3 is 2.84 bits per heavy atom. The monoisotopic (exact) mass is 275 g/mol. The Morgan fingerprint density at radius 2 is 2.11 bits per heavy atom. The number of benzene rings is 1. The first-order chi connectivity index (χ1) is 9.24. The molecule has 0 aliphatic rings. The van der Waals surface area contributed by atoms with Crippen molar-refractivity contribution in [3.05, 3.63) is 59.4 Å². The lowest BCUT2D eigenvalue weighted by molar-refractivity contribution is -0.119. The number of hydrogen-bond donors (Lipinski definition) is 2. The molecule has 0 saturated carbocycles. The van der Waals surface area contributed by atoms with Crippen molar-refractivity contribution < 1.29 is 4.79 Å². The maximum atomic E-state index is 11.6. The summed E-state index contributed by atoms with van der Waals surface area (Å²) in [5, 5.41) is 6.43. The third kappa shape index (κ3) is 4.60. The largest absolute Gasteiger partial charge is 0.376 e. The van der Waals surface area contributed by atoms with Crippen LogP contribution in [-0.2, 0) is 11.3 Å². The summed E-state index contributed by atoms with van der Waals surface area (Å²) in [7, 11) is 0. The van der Waals surface area contributed by atoms with Crippen LogP contribution in [0.5, 0.6) is 0 Å². The number of anilines is 1. The number of hydrogen-bond acceptors (Lipinski definition) is 3. The first-order valence-corrected chi connectivity index (χ1v) is 6.28. The summed E-state index contributed by atoms with van der Waals surface area (Å²) in [4.78, 5) is 15.8. The van der Waals surface area contributed by atoms with Crippen LogP contribution in [0.1, 0.15) is 5.69 Å². The number of pyridine rings is 1. The molecule has 5 heteroatoms. The predicted octanol–water partition coefficient (Wildman–Crippen LogP) is 2.46. The Labute approximate surface area is 116 Å². The van der Waals surface area contributed by atoms with Gasteiger partial charge in [-0.2, -0.15) is 0 Å². The standard InChI is InChI=1S/C14H14ClN3O/c15-11-4-3-6-12(8-11)17-10-14(19)18-9-13-5-1-2-7-16-13/h1-8,17H,9-10H2,(H,18,19). The van der Waals surface area contributed by atoms with E-state index in [2.05, 4.69) is 15.6 Å². The Kier molecular flexibility index (Phi) is 4.75. The van der Waals surface area contributed by atoms with Crippen molar-refractivity contribution in [1.82, 2.24) is 10.3 Å². The summed E-state index contributed by atoms with van der Waals surface area (Å²) in [5.74, 6) is -0.0920. The third-order valence-electron chi connectivity index (χ3n) is 2.47. The third-order valence-corrected chi connectivity index (χ3v) is 2.71. The van der Waals surface area contributed by atoms with Gasteiger partial charge in [0.05, 0.1) is 18.8 Å². The van der Waals surface area contributed by atoms with Gasteiger partial charge in [0.1, 0.15) is 0 Å². The van der Waals surface area contributed by atoms with Gasteiger partial charge < -0.3 is 10.6 Å². The Bertz CT molecular complexity index is 545. The lowest BCUT2D eigenvalue weighted by Gasteiger charge is -2.07. The predicted molar refractivity (Wildman–Crippen MR) is 76.0 cm³/mol. The first-order valence-electron chi connectivity index (χ1n) is 5.90. The van der Waals surface area contributed by atoms with E-state index in [0.717, 1.165) is 11.4 Å². The molecule has 1 amide bonds. The molecule has 0 saturated heterocycles. The van der Waals surface area contributed by atoms with E-state index in [1.165, 1.54) is 0 Å². The SMILES string of the molecule is O=C(CNc1cccc(Cl)c1)NCc1ccccn1. The van der Waals surface area contributed by atoms with Crippen LogP contribution in [0.2, 0.25) is 5.02 Å². The van der Waals surface area contributed by atoms with Crippen molar-refractivity contribution in [3.8, 4) is 0 Å². The van der Waals surface area contributed by atoms with E-state index in [1.807, 2.05) is 30.3 Å². The molecule has 2 aromatic rings. The van der Waals surface area contributed by atoms with E-state index in [1.54, 1.807) is 18.3 Å². The number of halogens is 1. The Morgan fingerprint density at radius 1 is 1.21 bits per heavy atom. The van der Waals surface area contributed by atoms with E-state index >= 15 is 0 Å². The molecule has 2 N–H and O–H groups in total. The zero-order valence-electron chi connectivity index (χ0n) is 10.3. The molecule has 0 unspecified atom stereocenters. The molecule has 0 bridgehead atoms. The quantitative estimate of drug-likeness (QED) is 0.881. The summed E-state index contributed by atoms with van der Waals surface area (Å²) < 4.78 is 0. The fraction of sp³-hybridized carbons (Fsp3) is 0.143. The molecule has 0 radical (unpaired) electrons. The average Bonchev–Trinajstić information content (AvgIpc) is 2.44. The van der Waals surface area contributed by atoms with Crippen LogP contribution in [-0.4, -0.2) is 17.4 Å². The fourth-order valence-electron chi connectivity index (χ4n) is 1.54. The van der Waals surface area contributed by atoms with Crippen LogP contribution >= 0.6 is 11.6 Å². The van der Waals surface area contributed by atoms with Crippen LogP contribution in [0.3, 0.4) is 0 Å². The van der Waals surface area contributed by atoms with Crippen LogP contribution < -0.4 is 10.6 Å². The van der Waals surface area contributed by atoms with Gasteiger partial charge in [0.25, 0.3) is 0 Å². The highest BCUT2D eigenvalue weighted by atomic mass is 35.5. The lowest BCUT2D eigenvalue weighted by atomic mass is 10.3. The minimum absolute atomic E-state index is 0.0920. The fourth-order valence-corrected chi connectivity index (χ4v) is 1.73. The molecule has 0 aliphatic heterocycles. The van der Waals surface area contributed by atoms with E-state index in [9.17, 15) is 4.79 Å². The maximum Gasteiger partial charge on any atom is 0.239 e. The molecule has 1 aromatic carbocycles. The van der Waals surface area contributed by atoms with Crippen molar-refractivity contribution in [2.24, 2.45) is 0 Å². The highest BCUT2D eigenvalue weighted by Gasteiger charge is 2.01. The van der Waals surface area contributed by atoms with Crippen molar-refractivity contribution in [2.45, 2.75) is 6.54 Å². The maximum absolute atomic E-state index is 11.6. The second kappa shape index (κ2) is 6.75. The van der Waals surface area contributed by atoms with Crippen LogP contribution in [0.25, 0.3) is 0 Å². The van der Waals surface area contributed by atoms with E-state index < -0.39 is 0 Å². The van der Waals surface area contributed by atoms with Gasteiger partial charge in [0.15, 0.2) is 0 Å². The molecule has 19 heavy (non-hydrogen) atoms. The van der Waals surface area contributed by atoms with Crippen molar-refractivity contribution in [3.63, 3.8) is 0 Å². The van der Waals surface area contributed by atoms with Crippen LogP contribution in [0, 0.1) is 0 Å². The number of amides is 1. The average molecular weight is 276 g/mol. The molecule has 1 aromatic heterocycles. The first kappa shape index (κ1) is 13.4. The van der Waals surface area contributed by atoms with Gasteiger partial charge in [-0.25, -0.2) is 0 Å². The van der Waals surface area contributed by atoms with Crippen molar-refractivity contribution in [1.29, 1.82) is 0 Å². The molecule has 0 spiro atoms. The van der Waals surface area contributed by atoms with Crippen molar-refractivity contribution in [2.75, 3.05) is 11.9 Å². The zero-order chi connectivity index (χ0) is 13.5. The van der Waals surface area contributed by atoms with Gasteiger partial charge in [-0.15, -0.1) is 0 Å². The van der Waals surface area contributed by atoms with Crippen molar-refractivity contribution >= 4 is 23.2 Å². The minimum atomic E-state index is -0.0920. The normalized spacial score (nSPS) is 9.95. The van der Waals surface area contributed by atoms with E-state index in [0.29, 0.717) is 11.6 Å². The number of carbonyl (C=O) groups is 1. The van der Waals surface area contributed by atoms with E-state index in [4.69, 9.17) is 11.6 Å². The lowest BCUT2D eigenvalue weighted by Crippen LogP contribution is -2.29. The summed E-state index contributed by atoms with van der Waals surface area (Å²) in [6.07, 6.45) is 1.70. The smallest absolute Gasteiger partial charge is 0.239 e. The molecular formula is C14H14ClN3O. The van der Waals surface area contributed by atoms with Gasteiger partial charge >= 0.3 is 0 Å². The summed E-state index contributed by atoms with van der Waals surface area (Å²) in [6.45, 7) is 0.629. The summed E-state index contributed by atoms with van der Waals surface area (Å²) >= 11 is 5.85. The molecule has 1 heterocycles. The second-order valence-corrected chi connectivity index (χ2v) is 4.40. The van der Waals surface area contributed by atoms with Gasteiger partial charge in [0.2, 0.25) is 5.91 Å². The molecule has 4 nitrogen and oxygen atoms in total. The molecular weight excluding hydrogens is 262 g/mol.